The molecular formula is C67H49N3O2. The quantitative estimate of drug-likeness (QED) is 0.152. The van der Waals surface area contributed by atoms with Crippen LogP contribution < -0.4 is 0 Å². The zero-order valence-electron chi connectivity index (χ0n) is 39.8. The summed E-state index contributed by atoms with van der Waals surface area (Å²) in [5.41, 5.74) is 16.6. The number of para-hydroxylation sites is 3. The Kier molecular flexibility index (Phi) is 9.38. The van der Waals surface area contributed by atoms with Gasteiger partial charge < -0.3 is 8.83 Å². The van der Waals surface area contributed by atoms with Crippen molar-refractivity contribution in [3.63, 3.8) is 0 Å². The van der Waals surface area contributed by atoms with Gasteiger partial charge in [0.05, 0.1) is 5.56 Å². The minimum atomic E-state index is 0.370. The Bertz CT molecular complexity index is 4030. The SMILES string of the molecule is c1ccc(-c2ccc(-c3nc(-c4ccccc4)nc(-c4cccc5c4oc4cccc(-c6cccc7c6oc6c(-c8ccc(C9%10CC%11CC(CC(C%11)C9)C%10)cc8)cccc67)c45)n3)c(-c3ccccc3)c2)cc1. The van der Waals surface area contributed by atoms with Crippen molar-refractivity contribution in [2.75, 3.05) is 0 Å². The molecule has 4 aliphatic rings. The molecule has 4 bridgehead atoms. The summed E-state index contributed by atoms with van der Waals surface area (Å²) < 4.78 is 14.1. The molecule has 3 aromatic heterocycles. The number of furan rings is 2. The van der Waals surface area contributed by atoms with Crippen molar-refractivity contribution in [1.29, 1.82) is 0 Å². The third-order valence-corrected chi connectivity index (χ3v) is 16.5. The number of fused-ring (bicyclic) bond motifs is 6. The molecule has 0 spiro atoms. The van der Waals surface area contributed by atoms with Crippen molar-refractivity contribution in [2.45, 2.75) is 43.9 Å². The molecule has 4 fully saturated rings. The molecule has 0 aliphatic heterocycles. The molecule has 0 amide bonds. The van der Waals surface area contributed by atoms with E-state index in [0.717, 1.165) is 117 Å². The van der Waals surface area contributed by atoms with Crippen LogP contribution in [0.15, 0.2) is 215 Å². The molecule has 5 nitrogen and oxygen atoms in total. The molecule has 4 aliphatic carbocycles. The Morgan fingerprint density at radius 2 is 0.833 bits per heavy atom. The lowest BCUT2D eigenvalue weighted by Crippen LogP contribution is -2.48. The molecule has 12 aromatic rings. The van der Waals surface area contributed by atoms with Gasteiger partial charge in [0.25, 0.3) is 0 Å². The van der Waals surface area contributed by atoms with Crippen LogP contribution in [0.1, 0.15) is 44.1 Å². The van der Waals surface area contributed by atoms with E-state index in [0.29, 0.717) is 22.9 Å². The van der Waals surface area contributed by atoms with Crippen LogP contribution in [-0.4, -0.2) is 15.0 Å². The molecule has 72 heavy (non-hydrogen) atoms. The van der Waals surface area contributed by atoms with Gasteiger partial charge in [0.2, 0.25) is 0 Å². The van der Waals surface area contributed by atoms with Gasteiger partial charge in [0.1, 0.15) is 22.3 Å². The van der Waals surface area contributed by atoms with Crippen LogP contribution in [0.4, 0.5) is 0 Å². The zero-order chi connectivity index (χ0) is 47.3. The van der Waals surface area contributed by atoms with Gasteiger partial charge in [-0.2, -0.15) is 0 Å². The molecule has 5 heteroatoms. The van der Waals surface area contributed by atoms with Gasteiger partial charge in [-0.25, -0.2) is 15.0 Å². The predicted octanol–water partition coefficient (Wildman–Crippen LogP) is 17.8. The van der Waals surface area contributed by atoms with E-state index in [4.69, 9.17) is 23.8 Å². The van der Waals surface area contributed by atoms with Crippen LogP contribution in [0.2, 0.25) is 0 Å². The lowest BCUT2D eigenvalue weighted by molar-refractivity contribution is -0.00518. The Morgan fingerprint density at radius 1 is 0.333 bits per heavy atom. The first-order valence-corrected chi connectivity index (χ1v) is 25.7. The van der Waals surface area contributed by atoms with E-state index < -0.39 is 0 Å². The lowest BCUT2D eigenvalue weighted by Gasteiger charge is -2.57. The van der Waals surface area contributed by atoms with Crippen LogP contribution in [0.5, 0.6) is 0 Å². The number of hydrogen-bond acceptors (Lipinski definition) is 5. The van der Waals surface area contributed by atoms with Crippen LogP contribution in [0, 0.1) is 17.8 Å². The predicted molar refractivity (Wildman–Crippen MR) is 292 cm³/mol. The maximum Gasteiger partial charge on any atom is 0.167 e. The summed E-state index contributed by atoms with van der Waals surface area (Å²) in [5, 5.41) is 4.21. The summed E-state index contributed by atoms with van der Waals surface area (Å²) in [5.74, 6) is 4.47. The van der Waals surface area contributed by atoms with Crippen molar-refractivity contribution in [1.82, 2.24) is 15.0 Å². The second kappa shape index (κ2) is 16.3. The molecule has 0 saturated heterocycles. The summed E-state index contributed by atoms with van der Waals surface area (Å²) in [6.07, 6.45) is 8.48. The second-order valence-corrected chi connectivity index (χ2v) is 20.9. The number of aromatic nitrogens is 3. The molecule has 344 valence electrons. The van der Waals surface area contributed by atoms with E-state index in [1.807, 2.05) is 42.5 Å². The highest BCUT2D eigenvalue weighted by atomic mass is 16.3. The first kappa shape index (κ1) is 41.4. The van der Waals surface area contributed by atoms with E-state index >= 15 is 0 Å². The van der Waals surface area contributed by atoms with Crippen molar-refractivity contribution in [3.8, 4) is 78.7 Å². The Morgan fingerprint density at radius 3 is 1.51 bits per heavy atom. The fraction of sp³-hybridized carbons (Fsp3) is 0.149. The molecule has 9 aromatic carbocycles. The minimum absolute atomic E-state index is 0.370. The van der Waals surface area contributed by atoms with Gasteiger partial charge in [0.15, 0.2) is 17.5 Å². The van der Waals surface area contributed by atoms with Gasteiger partial charge in [-0.15, -0.1) is 0 Å². The fourth-order valence-electron chi connectivity index (χ4n) is 13.7. The monoisotopic (exact) mass is 927 g/mol. The third-order valence-electron chi connectivity index (χ3n) is 16.5. The van der Waals surface area contributed by atoms with E-state index in [1.165, 1.54) is 44.1 Å². The average Bonchev–Trinajstić information content (AvgIpc) is 4.03. The topological polar surface area (TPSA) is 65.0 Å². The zero-order valence-corrected chi connectivity index (χ0v) is 39.8. The second-order valence-electron chi connectivity index (χ2n) is 20.9. The summed E-state index contributed by atoms with van der Waals surface area (Å²) in [6, 6.07) is 73.0. The molecule has 0 N–H and O–H groups in total. The normalized spacial score (nSPS) is 19.2. The maximum absolute atomic E-state index is 7.11. The maximum atomic E-state index is 7.11. The Labute approximate surface area is 417 Å². The molecule has 0 atom stereocenters. The largest absolute Gasteiger partial charge is 0.455 e. The van der Waals surface area contributed by atoms with Gasteiger partial charge in [-0.05, 0) is 125 Å². The van der Waals surface area contributed by atoms with Crippen molar-refractivity contribution in [3.05, 3.63) is 212 Å². The van der Waals surface area contributed by atoms with E-state index in [-0.39, 0.29) is 0 Å². The van der Waals surface area contributed by atoms with Crippen LogP contribution in [0.25, 0.3) is 123 Å². The van der Waals surface area contributed by atoms with E-state index in [1.54, 1.807) is 5.56 Å². The van der Waals surface area contributed by atoms with E-state index in [2.05, 4.69) is 164 Å². The fourth-order valence-corrected chi connectivity index (χ4v) is 13.7. The highest BCUT2D eigenvalue weighted by molar-refractivity contribution is 6.19. The van der Waals surface area contributed by atoms with Crippen LogP contribution >= 0.6 is 0 Å². The Hall–Kier alpha value is -8.41. The molecule has 0 radical (unpaired) electrons. The summed E-state index contributed by atoms with van der Waals surface area (Å²) in [7, 11) is 0. The average molecular weight is 928 g/mol. The van der Waals surface area contributed by atoms with Crippen LogP contribution in [-0.2, 0) is 5.41 Å². The van der Waals surface area contributed by atoms with Gasteiger partial charge in [-0.3, -0.25) is 0 Å². The first-order chi connectivity index (χ1) is 35.6. The first-order valence-electron chi connectivity index (χ1n) is 25.7. The van der Waals surface area contributed by atoms with Crippen molar-refractivity contribution in [2.24, 2.45) is 17.8 Å². The lowest BCUT2D eigenvalue weighted by atomic mass is 9.48. The smallest absolute Gasteiger partial charge is 0.167 e. The van der Waals surface area contributed by atoms with E-state index in [9.17, 15) is 0 Å². The standard InChI is InChI=1S/C67H49N3O2/c1-4-14-44(15-5-1)48-30-33-55(58(37-48)45-16-6-2-7-17-45)65-68-64(47-18-8-3-9-19-47)69-66(70-65)57-26-12-25-56-60-51(21-13-27-59(60)71-63(56)57)52-22-11-24-54-53-23-10-20-50(61(53)72-62(52)54)46-28-31-49(32-29-46)67-38-41-34-42(39-67)36-43(35-41)40-67/h1-33,37,41-43H,34-36,38-40H2. The Balaban J connectivity index is 0.858. The third kappa shape index (κ3) is 6.71. The van der Waals surface area contributed by atoms with Gasteiger partial charge in [0, 0.05) is 43.8 Å². The van der Waals surface area contributed by atoms with Crippen molar-refractivity contribution < 1.29 is 8.83 Å². The van der Waals surface area contributed by atoms with Gasteiger partial charge >= 0.3 is 0 Å². The number of hydrogen-bond donors (Lipinski definition) is 0. The number of benzene rings is 9. The molecule has 16 rings (SSSR count). The summed E-state index contributed by atoms with van der Waals surface area (Å²) in [4.78, 5) is 15.8. The summed E-state index contributed by atoms with van der Waals surface area (Å²) in [6.45, 7) is 0. The molecule has 0 unspecified atom stereocenters. The summed E-state index contributed by atoms with van der Waals surface area (Å²) >= 11 is 0. The highest BCUT2D eigenvalue weighted by Crippen LogP contribution is 2.61. The highest BCUT2D eigenvalue weighted by Gasteiger charge is 2.51. The molecule has 3 heterocycles. The number of nitrogens with zero attached hydrogens (tertiary/aromatic N) is 3. The van der Waals surface area contributed by atoms with Gasteiger partial charge in [-0.1, -0.05) is 182 Å². The minimum Gasteiger partial charge on any atom is -0.455 e. The molecular weight excluding hydrogens is 879 g/mol. The molecule has 4 saturated carbocycles. The van der Waals surface area contributed by atoms with Crippen molar-refractivity contribution >= 4 is 43.9 Å². The van der Waals surface area contributed by atoms with Crippen LogP contribution in [0.3, 0.4) is 0 Å². The number of rotatable bonds is 8.